The summed E-state index contributed by atoms with van der Waals surface area (Å²) in [7, 11) is -4.76. The largest absolute Gasteiger partial charge is 0.871 e. The molecule has 4 heterocycles. The smallest absolute Gasteiger partial charge is 0.335 e. The summed E-state index contributed by atoms with van der Waals surface area (Å²) >= 11 is 0.742. The second-order valence-corrected chi connectivity index (χ2v) is 17.9. The lowest BCUT2D eigenvalue weighted by atomic mass is 9.78. The van der Waals surface area contributed by atoms with Gasteiger partial charge in [0.15, 0.2) is 11.5 Å². The van der Waals surface area contributed by atoms with Gasteiger partial charge in [0.25, 0.3) is 1.43 Å². The number of carbonyl (C=O) groups excluding carboxylic acids is 3. The molecule has 61 heavy (non-hydrogen) atoms. The molecule has 8 rings (SSSR count). The van der Waals surface area contributed by atoms with Crippen molar-refractivity contribution < 1.29 is 61.6 Å². The molecule has 0 atom stereocenters. The summed E-state index contributed by atoms with van der Waals surface area (Å²) in [6, 6.07) is 13.8. The summed E-state index contributed by atoms with van der Waals surface area (Å²) in [6.45, 7) is 4.76. The number of carbonyl (C=O) groups is 4. The van der Waals surface area contributed by atoms with Gasteiger partial charge in [-0.25, -0.2) is 13.2 Å². The minimum absolute atomic E-state index is 0.00295. The molecular formula is C43H42N4O12S2-2. The fraction of sp³-hybridized carbons (Fsp3) is 0.326. The molecule has 0 spiro atoms. The average molecular weight is 872 g/mol. The topological polar surface area (TPSA) is 241 Å². The second-order valence-electron chi connectivity index (χ2n) is 15.7. The number of ketones is 1. The molecule has 0 saturated heterocycles. The van der Waals surface area contributed by atoms with Crippen molar-refractivity contribution in [3.8, 4) is 0 Å². The normalized spacial score (nSPS) is 19.0. The third kappa shape index (κ3) is 9.34. The Morgan fingerprint density at radius 3 is 2.30 bits per heavy atom. The number of nitrogens with one attached hydrogen (secondary N) is 2. The van der Waals surface area contributed by atoms with Gasteiger partial charge in [0.05, 0.1) is 27.9 Å². The fourth-order valence-electron chi connectivity index (χ4n) is 8.22. The van der Waals surface area contributed by atoms with Crippen molar-refractivity contribution in [1.29, 1.82) is 1.43 Å². The van der Waals surface area contributed by atoms with E-state index in [9.17, 15) is 42.5 Å². The maximum Gasteiger partial charge on any atom is 0.335 e. The van der Waals surface area contributed by atoms with Gasteiger partial charge in [0.1, 0.15) is 16.7 Å². The van der Waals surface area contributed by atoms with Crippen LogP contribution in [0.1, 0.15) is 86.7 Å². The van der Waals surface area contributed by atoms with E-state index in [1.165, 1.54) is 42.5 Å². The first-order valence-corrected chi connectivity index (χ1v) is 21.8. The molecule has 1 aliphatic carbocycles. The van der Waals surface area contributed by atoms with E-state index in [2.05, 4.69) is 25.1 Å². The SMILES string of the molecule is [2H]OC(=O)c1cc2cc(c1)NC(=O)CCCCC[N+]1=C(C=C3C(=O)C(=C3[O-])C=C3Cc4cc(S(=O)(=O)[O-])ccc4N3CCCCCC(=O)N2)C(C)(C)c2cc(SOO[O-])ccc21. The van der Waals surface area contributed by atoms with Crippen molar-refractivity contribution in [3.05, 3.63) is 106 Å². The lowest BCUT2D eigenvalue weighted by molar-refractivity contribution is -0.777. The van der Waals surface area contributed by atoms with Crippen LogP contribution in [-0.4, -0.2) is 65.0 Å². The summed E-state index contributed by atoms with van der Waals surface area (Å²) in [6.07, 6.45) is 6.85. The molecule has 0 radical (unpaired) electrons. The molecule has 320 valence electrons. The highest BCUT2D eigenvalue weighted by molar-refractivity contribution is 7.94. The van der Waals surface area contributed by atoms with Crippen LogP contribution in [0.25, 0.3) is 1.43 Å². The Hall–Kier alpha value is -5.63. The van der Waals surface area contributed by atoms with Crippen molar-refractivity contribution in [2.75, 3.05) is 28.6 Å². The molecule has 3 aromatic carbocycles. The molecule has 4 aliphatic heterocycles. The zero-order chi connectivity index (χ0) is 44.3. The zero-order valence-electron chi connectivity index (χ0n) is 34.2. The summed E-state index contributed by atoms with van der Waals surface area (Å²) < 4.78 is 49.4. The number of benzene rings is 3. The lowest BCUT2D eigenvalue weighted by Gasteiger charge is -2.30. The van der Waals surface area contributed by atoms with Gasteiger partial charge < -0.3 is 35.6 Å². The molecule has 2 amide bonds. The molecule has 0 saturated carbocycles. The minimum Gasteiger partial charge on any atom is -0.871 e. The molecule has 0 aromatic heterocycles. The number of fused-ring (bicyclic) bond motifs is 14. The third-order valence-electron chi connectivity index (χ3n) is 11.2. The molecule has 4 bridgehead atoms. The Labute approximate surface area is 357 Å². The molecule has 0 fully saturated rings. The maximum atomic E-state index is 13.9. The van der Waals surface area contributed by atoms with Gasteiger partial charge in [0, 0.05) is 88.7 Å². The number of carboxylic acids is 1. The van der Waals surface area contributed by atoms with E-state index >= 15 is 0 Å². The number of rotatable bonds is 5. The predicted octanol–water partition coefficient (Wildman–Crippen LogP) is 4.68. The number of nitrogens with zero attached hydrogens (tertiary/aromatic N) is 2. The van der Waals surface area contributed by atoms with Crippen molar-refractivity contribution >= 4 is 74.2 Å². The Kier molecular flexibility index (Phi) is 12.3. The van der Waals surface area contributed by atoms with Gasteiger partial charge in [0.2, 0.25) is 17.5 Å². The lowest BCUT2D eigenvalue weighted by Crippen LogP contribution is -2.34. The van der Waals surface area contributed by atoms with Crippen LogP contribution < -0.4 is 25.9 Å². The number of hydrogen-bond acceptors (Lipinski definition) is 14. The first-order chi connectivity index (χ1) is 29.6. The Balaban J connectivity index is 1.24. The van der Waals surface area contributed by atoms with Gasteiger partial charge in [-0.05, 0) is 99.7 Å². The molecule has 3 N–H and O–H groups in total. The number of hydrogen-bond donors (Lipinski definition) is 3. The number of Topliss-reactive ketones (excluding diaryl/α,β-unsaturated/α-hetero) is 1. The van der Waals surface area contributed by atoms with Crippen molar-refractivity contribution in [2.45, 2.75) is 86.8 Å². The first-order valence-electron chi connectivity index (χ1n) is 20.1. The van der Waals surface area contributed by atoms with Gasteiger partial charge in [-0.2, -0.15) is 8.91 Å². The molecule has 16 nitrogen and oxygen atoms in total. The van der Waals surface area contributed by atoms with Crippen LogP contribution in [0, 0.1) is 0 Å². The van der Waals surface area contributed by atoms with Crippen LogP contribution in [0.4, 0.5) is 22.7 Å². The van der Waals surface area contributed by atoms with E-state index in [-0.39, 0.29) is 59.2 Å². The van der Waals surface area contributed by atoms with E-state index < -0.39 is 37.9 Å². The van der Waals surface area contributed by atoms with Crippen LogP contribution in [0.5, 0.6) is 0 Å². The zero-order valence-corrected chi connectivity index (χ0v) is 34.9. The second kappa shape index (κ2) is 17.8. The molecule has 5 aliphatic rings. The summed E-state index contributed by atoms with van der Waals surface area (Å²) in [4.78, 5) is 54.4. The average Bonchev–Trinajstić information content (AvgIpc) is 3.68. The summed E-state index contributed by atoms with van der Waals surface area (Å²) in [5.41, 5.74) is 3.76. The van der Waals surface area contributed by atoms with Crippen LogP contribution >= 0.6 is 12.0 Å². The number of anilines is 3. The van der Waals surface area contributed by atoms with E-state index in [0.717, 1.165) is 23.3 Å². The van der Waals surface area contributed by atoms with E-state index in [0.29, 0.717) is 79.2 Å². The Morgan fingerprint density at radius 1 is 0.934 bits per heavy atom. The first kappa shape index (κ1) is 42.1. The van der Waals surface area contributed by atoms with E-state index in [4.69, 9.17) is 1.43 Å². The molecular weight excluding hydrogens is 829 g/mol. The van der Waals surface area contributed by atoms with Crippen LogP contribution in [0.3, 0.4) is 0 Å². The maximum absolute atomic E-state index is 13.9. The standard InChI is InChI=1S/C43H44N4O12S2/c1-43(2)34-23-30(60-59-58-54)11-13-36(34)47-16-8-4-6-10-39(49)45-28-18-26(42(52)53)17-27(21-28)44-38(48)9-5-3-7-15-46-29(22-32-40(50)33(41(32)51)24-37(43)47)19-25-20-31(61(55,56)57)12-14-35(25)46/h11-14,17-18,20-24H,3-10,15-16,19H2,1-2H3,(H5-,44,45,48,49,50,52,53,54,55,56,57)/p-2/i/hD. The number of aromatic carboxylic acids is 1. The van der Waals surface area contributed by atoms with Crippen molar-refractivity contribution in [1.82, 2.24) is 0 Å². The van der Waals surface area contributed by atoms with Gasteiger partial charge >= 0.3 is 5.97 Å². The van der Waals surface area contributed by atoms with Gasteiger partial charge in [-0.3, -0.25) is 19.4 Å². The quantitative estimate of drug-likeness (QED) is 0.104. The highest BCUT2D eigenvalue weighted by Gasteiger charge is 2.46. The highest BCUT2D eigenvalue weighted by atomic mass is 32.2. The van der Waals surface area contributed by atoms with Crippen LogP contribution in [0.15, 0.2) is 99.1 Å². The predicted molar refractivity (Wildman–Crippen MR) is 219 cm³/mol. The fourth-order valence-corrected chi connectivity index (χ4v) is 9.14. The number of amides is 2. The van der Waals surface area contributed by atoms with Crippen molar-refractivity contribution in [3.63, 3.8) is 0 Å². The van der Waals surface area contributed by atoms with Gasteiger partial charge in [-0.15, -0.1) is 0 Å². The van der Waals surface area contributed by atoms with Gasteiger partial charge in [-0.1, -0.05) is 12.2 Å². The Morgan fingerprint density at radius 2 is 1.64 bits per heavy atom. The number of carboxylic acid groups (broad SMARTS) is 1. The molecule has 18 heteroatoms. The van der Waals surface area contributed by atoms with Crippen LogP contribution in [0.2, 0.25) is 0 Å². The summed E-state index contributed by atoms with van der Waals surface area (Å²) in [5.74, 6) is -2.56. The molecule has 3 aromatic rings. The molecule has 0 unspecified atom stereocenters. The summed E-state index contributed by atoms with van der Waals surface area (Å²) in [5, 5.41) is 37.7. The monoisotopic (exact) mass is 871 g/mol. The van der Waals surface area contributed by atoms with Crippen molar-refractivity contribution in [2.24, 2.45) is 0 Å². The highest BCUT2D eigenvalue weighted by Crippen LogP contribution is 2.44. The van der Waals surface area contributed by atoms with Crippen LogP contribution in [-0.2, 0) is 45.7 Å². The van der Waals surface area contributed by atoms with E-state index in [1.54, 1.807) is 12.1 Å². The van der Waals surface area contributed by atoms with E-state index in [1.807, 2.05) is 35.5 Å². The third-order valence-corrected chi connectivity index (χ3v) is 12.6. The number of allylic oxidation sites excluding steroid dienone is 5. The Bertz CT molecular complexity index is 2600. The minimum atomic E-state index is -4.76.